The minimum atomic E-state index is -3.22. The molecule has 1 saturated carbocycles. The first-order chi connectivity index (χ1) is 9.54. The van der Waals surface area contributed by atoms with Gasteiger partial charge in [-0.2, -0.15) is 0 Å². The number of rotatable bonds is 4. The number of imidazole rings is 1. The van der Waals surface area contributed by atoms with Gasteiger partial charge in [0.05, 0.1) is 12.8 Å². The summed E-state index contributed by atoms with van der Waals surface area (Å²) in [5.41, 5.74) is 1.68. The molecule has 0 spiro atoms. The van der Waals surface area contributed by atoms with Crippen LogP contribution >= 0.6 is 0 Å². The van der Waals surface area contributed by atoms with Crippen LogP contribution in [-0.4, -0.2) is 29.2 Å². The molecule has 0 radical (unpaired) electrons. The molecule has 1 aliphatic carbocycles. The van der Waals surface area contributed by atoms with Crippen LogP contribution < -0.4 is 4.72 Å². The minimum absolute atomic E-state index is 0.214. The number of nitrogens with one attached hydrogen (secondary N) is 1. The fraction of sp³-hybridized carbons (Fsp3) is 0.538. The zero-order valence-corrected chi connectivity index (χ0v) is 12.2. The van der Waals surface area contributed by atoms with Crippen molar-refractivity contribution >= 4 is 21.2 Å². The molecule has 0 aromatic carbocycles. The third-order valence-electron chi connectivity index (χ3n) is 3.70. The van der Waals surface area contributed by atoms with Crippen LogP contribution in [0.3, 0.4) is 0 Å². The number of nitrogens with zero attached hydrogens (tertiary/aromatic N) is 3. The molecule has 2 heterocycles. The van der Waals surface area contributed by atoms with Crippen LogP contribution in [0, 0.1) is 0 Å². The van der Waals surface area contributed by atoms with E-state index in [1.165, 1.54) is 12.8 Å². The molecule has 20 heavy (non-hydrogen) atoms. The summed E-state index contributed by atoms with van der Waals surface area (Å²) in [4.78, 5) is 8.95. The number of aromatic nitrogens is 3. The Morgan fingerprint density at radius 3 is 2.85 bits per heavy atom. The SMILES string of the molecule is CS(=O)(=O)NCc1nc2cccnc2n1C1CCCC1. The van der Waals surface area contributed by atoms with Crippen molar-refractivity contribution in [2.75, 3.05) is 6.26 Å². The summed E-state index contributed by atoms with van der Waals surface area (Å²) in [6.07, 6.45) is 7.53. The fourth-order valence-corrected chi connectivity index (χ4v) is 3.23. The van der Waals surface area contributed by atoms with E-state index < -0.39 is 10.0 Å². The van der Waals surface area contributed by atoms with Gasteiger partial charge in [-0.1, -0.05) is 12.8 Å². The van der Waals surface area contributed by atoms with Crippen LogP contribution in [-0.2, 0) is 16.6 Å². The molecule has 108 valence electrons. The van der Waals surface area contributed by atoms with Crippen LogP contribution in [0.15, 0.2) is 18.3 Å². The summed E-state index contributed by atoms with van der Waals surface area (Å²) in [7, 11) is -3.22. The van der Waals surface area contributed by atoms with Gasteiger partial charge in [0, 0.05) is 12.2 Å². The number of sulfonamides is 1. The monoisotopic (exact) mass is 294 g/mol. The Morgan fingerprint density at radius 2 is 2.15 bits per heavy atom. The molecule has 6 nitrogen and oxygen atoms in total. The Kier molecular flexibility index (Phi) is 3.47. The Labute approximate surface area is 118 Å². The van der Waals surface area contributed by atoms with Gasteiger partial charge in [0.2, 0.25) is 10.0 Å². The van der Waals surface area contributed by atoms with E-state index in [1.54, 1.807) is 6.20 Å². The smallest absolute Gasteiger partial charge is 0.209 e. The molecular formula is C13H18N4O2S. The van der Waals surface area contributed by atoms with E-state index in [0.717, 1.165) is 36.1 Å². The molecule has 3 rings (SSSR count). The second-order valence-electron chi connectivity index (χ2n) is 5.28. The number of hydrogen-bond acceptors (Lipinski definition) is 4. The summed E-state index contributed by atoms with van der Waals surface area (Å²) in [5.74, 6) is 0.746. The summed E-state index contributed by atoms with van der Waals surface area (Å²) in [6, 6.07) is 4.14. The van der Waals surface area contributed by atoms with Gasteiger partial charge >= 0.3 is 0 Å². The zero-order valence-electron chi connectivity index (χ0n) is 11.4. The van der Waals surface area contributed by atoms with Gasteiger partial charge in [0.15, 0.2) is 5.65 Å². The lowest BCUT2D eigenvalue weighted by atomic mass is 10.2. The topological polar surface area (TPSA) is 76.9 Å². The average molecular weight is 294 g/mol. The van der Waals surface area contributed by atoms with Crippen molar-refractivity contribution in [1.82, 2.24) is 19.3 Å². The van der Waals surface area contributed by atoms with E-state index >= 15 is 0 Å². The van der Waals surface area contributed by atoms with Crippen LogP contribution in [0.4, 0.5) is 0 Å². The molecule has 1 aliphatic rings. The van der Waals surface area contributed by atoms with Crippen molar-refractivity contribution in [2.45, 2.75) is 38.3 Å². The molecule has 1 fully saturated rings. The normalized spacial score (nSPS) is 17.1. The summed E-state index contributed by atoms with van der Waals surface area (Å²) >= 11 is 0. The first-order valence-corrected chi connectivity index (χ1v) is 8.70. The van der Waals surface area contributed by atoms with E-state index in [4.69, 9.17) is 0 Å². The lowest BCUT2D eigenvalue weighted by molar-refractivity contribution is 0.502. The van der Waals surface area contributed by atoms with Gasteiger partial charge in [-0.15, -0.1) is 0 Å². The van der Waals surface area contributed by atoms with E-state index in [1.807, 2.05) is 12.1 Å². The highest BCUT2D eigenvalue weighted by molar-refractivity contribution is 7.88. The molecule has 7 heteroatoms. The summed E-state index contributed by atoms with van der Waals surface area (Å²) in [5, 5.41) is 0. The number of fused-ring (bicyclic) bond motifs is 1. The Balaban J connectivity index is 2.03. The summed E-state index contributed by atoms with van der Waals surface area (Å²) < 4.78 is 27.2. The van der Waals surface area contributed by atoms with Crippen molar-refractivity contribution in [2.24, 2.45) is 0 Å². The fourth-order valence-electron chi connectivity index (χ4n) is 2.84. The predicted molar refractivity (Wildman–Crippen MR) is 76.7 cm³/mol. The third-order valence-corrected chi connectivity index (χ3v) is 4.37. The minimum Gasteiger partial charge on any atom is -0.308 e. The molecule has 0 aliphatic heterocycles. The highest BCUT2D eigenvalue weighted by Crippen LogP contribution is 2.32. The Morgan fingerprint density at radius 1 is 1.40 bits per heavy atom. The standard InChI is InChI=1S/C13H18N4O2S/c1-20(18,19)15-9-12-16-11-7-4-8-14-13(11)17(12)10-5-2-3-6-10/h4,7-8,10,15H,2-3,5-6,9H2,1H3. The zero-order chi connectivity index (χ0) is 14.2. The molecule has 2 aromatic rings. The van der Waals surface area contributed by atoms with Crippen LogP contribution in [0.5, 0.6) is 0 Å². The van der Waals surface area contributed by atoms with Crippen molar-refractivity contribution in [3.8, 4) is 0 Å². The first-order valence-electron chi connectivity index (χ1n) is 6.81. The average Bonchev–Trinajstić information content (AvgIpc) is 3.01. The van der Waals surface area contributed by atoms with Crippen molar-refractivity contribution < 1.29 is 8.42 Å². The van der Waals surface area contributed by atoms with E-state index in [-0.39, 0.29) is 6.54 Å². The maximum atomic E-state index is 11.3. The van der Waals surface area contributed by atoms with Gasteiger partial charge in [-0.3, -0.25) is 0 Å². The molecule has 0 saturated heterocycles. The van der Waals surface area contributed by atoms with Crippen LogP contribution in [0.1, 0.15) is 37.5 Å². The quantitative estimate of drug-likeness (QED) is 0.929. The van der Waals surface area contributed by atoms with E-state index in [0.29, 0.717) is 6.04 Å². The highest BCUT2D eigenvalue weighted by Gasteiger charge is 2.23. The third kappa shape index (κ3) is 2.69. The van der Waals surface area contributed by atoms with Gasteiger partial charge in [0.1, 0.15) is 11.3 Å². The lowest BCUT2D eigenvalue weighted by Gasteiger charge is -2.15. The van der Waals surface area contributed by atoms with Crippen molar-refractivity contribution in [3.05, 3.63) is 24.2 Å². The van der Waals surface area contributed by atoms with Crippen molar-refractivity contribution in [3.63, 3.8) is 0 Å². The second-order valence-corrected chi connectivity index (χ2v) is 7.11. The van der Waals surface area contributed by atoms with Crippen LogP contribution in [0.2, 0.25) is 0 Å². The van der Waals surface area contributed by atoms with Gasteiger partial charge < -0.3 is 4.57 Å². The molecule has 1 N–H and O–H groups in total. The molecule has 0 amide bonds. The van der Waals surface area contributed by atoms with Crippen molar-refractivity contribution in [1.29, 1.82) is 0 Å². The second kappa shape index (κ2) is 5.14. The van der Waals surface area contributed by atoms with Crippen LogP contribution in [0.25, 0.3) is 11.2 Å². The Hall–Kier alpha value is -1.47. The van der Waals surface area contributed by atoms with E-state index in [2.05, 4.69) is 19.3 Å². The number of hydrogen-bond donors (Lipinski definition) is 1. The van der Waals surface area contributed by atoms with Gasteiger partial charge in [-0.05, 0) is 25.0 Å². The molecule has 0 atom stereocenters. The summed E-state index contributed by atoms with van der Waals surface area (Å²) in [6.45, 7) is 0.214. The molecule has 0 bridgehead atoms. The number of pyridine rings is 1. The van der Waals surface area contributed by atoms with E-state index in [9.17, 15) is 8.42 Å². The molecule has 2 aromatic heterocycles. The highest BCUT2D eigenvalue weighted by atomic mass is 32.2. The first kappa shape index (κ1) is 13.5. The maximum absolute atomic E-state index is 11.3. The Bertz CT molecular complexity index is 717. The molecular weight excluding hydrogens is 276 g/mol. The molecule has 0 unspecified atom stereocenters. The predicted octanol–water partition coefficient (Wildman–Crippen LogP) is 1.60. The van der Waals surface area contributed by atoms with Gasteiger partial charge in [-0.25, -0.2) is 23.1 Å². The maximum Gasteiger partial charge on any atom is 0.209 e. The lowest BCUT2D eigenvalue weighted by Crippen LogP contribution is -2.24. The van der Waals surface area contributed by atoms with Gasteiger partial charge in [0.25, 0.3) is 0 Å². The largest absolute Gasteiger partial charge is 0.308 e.